The van der Waals surface area contributed by atoms with Gasteiger partial charge >= 0.3 is 37.7 Å². The number of halogens is 2. The largest absolute Gasteiger partial charge is 2.00 e. The number of benzene rings is 2. The molecule has 1 atom stereocenters. The van der Waals surface area contributed by atoms with Crippen LogP contribution >= 0.6 is 29.7 Å². The van der Waals surface area contributed by atoms with Crippen molar-refractivity contribution in [1.29, 1.82) is 0 Å². The van der Waals surface area contributed by atoms with Gasteiger partial charge in [-0.2, -0.15) is 0 Å². The third kappa shape index (κ3) is 5.37. The van der Waals surface area contributed by atoms with Crippen molar-refractivity contribution in [3.05, 3.63) is 58.6 Å². The predicted molar refractivity (Wildman–Crippen MR) is 97.1 cm³/mol. The molecule has 0 N–H and O–H groups in total. The molecule has 21 heavy (non-hydrogen) atoms. The van der Waals surface area contributed by atoms with E-state index in [0.717, 1.165) is 5.30 Å². The molecule has 1 unspecified atom stereocenters. The number of hydrogen-bond donors (Lipinski definition) is 0. The van der Waals surface area contributed by atoms with E-state index in [9.17, 15) is 0 Å². The maximum Gasteiger partial charge on any atom is 2.00 e. The van der Waals surface area contributed by atoms with E-state index in [-0.39, 0.29) is 40.6 Å². The summed E-state index contributed by atoms with van der Waals surface area (Å²) in [5, 5.41) is 1.82. The van der Waals surface area contributed by atoms with Crippen LogP contribution in [0.25, 0.3) is 0 Å². The minimum absolute atomic E-state index is 0. The van der Waals surface area contributed by atoms with E-state index in [1.54, 1.807) is 18.2 Å². The molecule has 0 radical (unpaired) electrons. The monoisotopic (exact) mass is 388 g/mol. The molecule has 2 aromatic carbocycles. The first-order valence-electron chi connectivity index (χ1n) is 6.00. The van der Waals surface area contributed by atoms with Crippen molar-refractivity contribution in [3.63, 3.8) is 0 Å². The van der Waals surface area contributed by atoms with Crippen LogP contribution in [0, 0.1) is 0 Å². The van der Waals surface area contributed by atoms with Crippen molar-refractivity contribution < 1.29 is 11.9 Å². The fourth-order valence-corrected chi connectivity index (χ4v) is 4.64. The van der Waals surface area contributed by atoms with Crippen LogP contribution in [0.2, 0.25) is 10.0 Å². The standard InChI is InChI=1S/C14H13Cl2O2PS.Ca.2H/c1-2-17-19(20,12-6-4-3-5-7-12)18-14-9-8-11(15)10-13(14)16;;;/h3-10H,2H2,1H3;;;/q;+2;2*-1. The summed E-state index contributed by atoms with van der Waals surface area (Å²) in [5.41, 5.74) is 0. The van der Waals surface area contributed by atoms with E-state index in [1.165, 1.54) is 0 Å². The molecular formula is C14H15CaCl2O2PS. The van der Waals surface area contributed by atoms with Crippen LogP contribution in [0.4, 0.5) is 0 Å². The van der Waals surface area contributed by atoms with Crippen LogP contribution < -0.4 is 9.83 Å². The van der Waals surface area contributed by atoms with Gasteiger partial charge in [-0.25, -0.2) is 0 Å². The summed E-state index contributed by atoms with van der Waals surface area (Å²) in [4.78, 5) is 0. The maximum atomic E-state index is 6.13. The van der Waals surface area contributed by atoms with E-state index in [4.69, 9.17) is 44.1 Å². The molecule has 0 saturated heterocycles. The average Bonchev–Trinajstić information content (AvgIpc) is 2.43. The SMILES string of the molecule is CCOP(=S)(Oc1ccc(Cl)cc1Cl)c1ccccc1.[Ca+2].[H-].[H-]. The molecule has 0 saturated carbocycles. The Labute approximate surface area is 172 Å². The van der Waals surface area contributed by atoms with Crippen molar-refractivity contribution in [2.75, 3.05) is 6.61 Å². The zero-order chi connectivity index (χ0) is 14.6. The summed E-state index contributed by atoms with van der Waals surface area (Å²) in [7, 11) is 0. The first kappa shape index (κ1) is 19.7. The zero-order valence-corrected chi connectivity index (χ0v) is 16.9. The number of rotatable bonds is 5. The van der Waals surface area contributed by atoms with Gasteiger partial charge in [0.25, 0.3) is 6.49 Å². The van der Waals surface area contributed by atoms with E-state index < -0.39 is 6.49 Å². The molecular weight excluding hydrogens is 374 g/mol. The van der Waals surface area contributed by atoms with Gasteiger partial charge in [0.2, 0.25) is 0 Å². The van der Waals surface area contributed by atoms with Gasteiger partial charge in [-0.15, -0.1) is 0 Å². The third-order valence-corrected chi connectivity index (χ3v) is 6.15. The second-order valence-corrected chi connectivity index (χ2v) is 8.15. The van der Waals surface area contributed by atoms with Crippen molar-refractivity contribution in [1.82, 2.24) is 0 Å². The van der Waals surface area contributed by atoms with Crippen LogP contribution in [0.5, 0.6) is 5.75 Å². The second-order valence-electron chi connectivity index (χ2n) is 3.92. The van der Waals surface area contributed by atoms with Crippen LogP contribution in [-0.2, 0) is 16.3 Å². The van der Waals surface area contributed by atoms with Gasteiger partial charge in [-0.05, 0) is 49.1 Å². The fraction of sp³-hybridized carbons (Fsp3) is 0.143. The summed E-state index contributed by atoms with van der Waals surface area (Å²) >= 11 is 17.6. The van der Waals surface area contributed by atoms with E-state index >= 15 is 0 Å². The van der Waals surface area contributed by atoms with Crippen LogP contribution in [-0.4, -0.2) is 44.3 Å². The Morgan fingerprint density at radius 2 is 1.81 bits per heavy atom. The van der Waals surface area contributed by atoms with Crippen molar-refractivity contribution in [2.45, 2.75) is 6.92 Å². The van der Waals surface area contributed by atoms with Gasteiger partial charge in [0.1, 0.15) is 5.75 Å². The molecule has 2 nitrogen and oxygen atoms in total. The van der Waals surface area contributed by atoms with Crippen LogP contribution in [0.15, 0.2) is 48.5 Å². The van der Waals surface area contributed by atoms with E-state index in [0.29, 0.717) is 22.4 Å². The normalized spacial score (nSPS) is 13.1. The smallest absolute Gasteiger partial charge is 1.00 e. The van der Waals surface area contributed by atoms with Gasteiger partial charge in [-0.3, -0.25) is 0 Å². The Morgan fingerprint density at radius 1 is 1.14 bits per heavy atom. The molecule has 110 valence electrons. The minimum atomic E-state index is -2.63. The topological polar surface area (TPSA) is 18.5 Å². The summed E-state index contributed by atoms with van der Waals surface area (Å²) < 4.78 is 11.6. The van der Waals surface area contributed by atoms with E-state index in [1.807, 2.05) is 37.3 Å². The maximum absolute atomic E-state index is 6.13. The molecule has 7 heteroatoms. The molecule has 0 fully saturated rings. The fourth-order valence-electron chi connectivity index (χ4n) is 1.61. The molecule has 0 aliphatic rings. The molecule has 0 bridgehead atoms. The van der Waals surface area contributed by atoms with Gasteiger partial charge < -0.3 is 11.9 Å². The molecule has 0 spiro atoms. The summed E-state index contributed by atoms with van der Waals surface area (Å²) in [6.07, 6.45) is 0. The van der Waals surface area contributed by atoms with Gasteiger partial charge in [0.15, 0.2) is 0 Å². The van der Waals surface area contributed by atoms with Crippen molar-refractivity contribution >= 4 is 84.5 Å². The molecule has 2 rings (SSSR count). The molecule has 0 aromatic heterocycles. The first-order chi connectivity index (χ1) is 9.55. The first-order valence-corrected chi connectivity index (χ1v) is 9.39. The summed E-state index contributed by atoms with van der Waals surface area (Å²) in [5.74, 6) is 0.483. The zero-order valence-electron chi connectivity index (χ0n) is 13.5. The van der Waals surface area contributed by atoms with E-state index in [2.05, 4.69) is 0 Å². The summed E-state index contributed by atoms with van der Waals surface area (Å²) in [6, 6.07) is 14.6. The molecule has 2 aromatic rings. The third-order valence-electron chi connectivity index (χ3n) is 2.48. The molecule has 0 aliphatic carbocycles. The summed E-state index contributed by atoms with van der Waals surface area (Å²) in [6.45, 7) is -0.275. The Hall–Kier alpha value is 0.690. The molecule has 0 heterocycles. The Kier molecular flexibility index (Phi) is 8.55. The van der Waals surface area contributed by atoms with Crippen LogP contribution in [0.3, 0.4) is 0 Å². The van der Waals surface area contributed by atoms with Crippen molar-refractivity contribution in [2.24, 2.45) is 0 Å². The minimum Gasteiger partial charge on any atom is -1.00 e. The predicted octanol–water partition coefficient (Wildman–Crippen LogP) is 4.89. The average molecular weight is 389 g/mol. The Balaban J connectivity index is 0. The Bertz CT molecular complexity index is 650. The van der Waals surface area contributed by atoms with Gasteiger partial charge in [-0.1, -0.05) is 41.4 Å². The molecule has 0 aliphatic heterocycles. The number of hydrogen-bond acceptors (Lipinski definition) is 3. The molecule has 0 amide bonds. The quantitative estimate of drug-likeness (QED) is 0.536. The van der Waals surface area contributed by atoms with Crippen LogP contribution in [0.1, 0.15) is 9.78 Å². The van der Waals surface area contributed by atoms with Gasteiger partial charge in [0.05, 0.1) is 11.6 Å². The second kappa shape index (κ2) is 9.10. The van der Waals surface area contributed by atoms with Gasteiger partial charge in [0, 0.05) is 10.3 Å². The van der Waals surface area contributed by atoms with Crippen molar-refractivity contribution in [3.8, 4) is 5.75 Å². The Morgan fingerprint density at radius 3 is 2.38 bits per heavy atom.